The average Bonchev–Trinajstić information content (AvgIpc) is 3.09. The van der Waals surface area contributed by atoms with Crippen LogP contribution in [0.15, 0.2) is 12.3 Å². The normalized spacial score (nSPS) is 15.6. The lowest BCUT2D eigenvalue weighted by molar-refractivity contribution is -0.137. The average molecular weight is 486 g/mol. The first-order chi connectivity index (χ1) is 15.3. The second kappa shape index (κ2) is 9.26. The number of carbonyl (C=O) groups is 2. The fourth-order valence-electron chi connectivity index (χ4n) is 3.38. The summed E-state index contributed by atoms with van der Waals surface area (Å²) in [5.74, 6) is -1.37. The number of thiazole rings is 1. The Kier molecular flexibility index (Phi) is 6.99. The number of pyridine rings is 1. The molecule has 2 heterocycles. The van der Waals surface area contributed by atoms with Gasteiger partial charge in [0.1, 0.15) is 11.5 Å². The molecule has 0 radical (unpaired) electrons. The second-order valence-corrected chi connectivity index (χ2v) is 9.79. The maximum atomic E-state index is 13.9. The molecule has 3 rings (SSSR count). The standard InChI is InChI=1S/C21H26F3N5O3S/c1-10(11-5-4-6-11)28-14-7-13(21(22,23)24)12(8-26-14)16-15(17(25)30)29-19(33-16)18(31)27-9-20(2,3)32/h7-8,10-11,32H,4-6,9H2,1-3H3,(H2,25,30)(H,26,28)(H,27,31)/t10-/m0/s1. The molecule has 2 aromatic heterocycles. The van der Waals surface area contributed by atoms with E-state index in [9.17, 15) is 27.9 Å². The number of hydrogen-bond acceptors (Lipinski definition) is 7. The summed E-state index contributed by atoms with van der Waals surface area (Å²) in [5.41, 5.74) is 2.26. The monoisotopic (exact) mass is 485 g/mol. The van der Waals surface area contributed by atoms with Gasteiger partial charge in [0.05, 0.1) is 16.0 Å². The molecule has 8 nitrogen and oxygen atoms in total. The summed E-state index contributed by atoms with van der Waals surface area (Å²) in [6.45, 7) is 4.72. The zero-order chi connectivity index (χ0) is 24.6. The quantitative estimate of drug-likeness (QED) is 0.453. The van der Waals surface area contributed by atoms with Crippen LogP contribution in [0.5, 0.6) is 0 Å². The second-order valence-electron chi connectivity index (χ2n) is 8.79. The molecule has 33 heavy (non-hydrogen) atoms. The number of nitrogens with two attached hydrogens (primary N) is 1. The molecule has 1 aliphatic carbocycles. The van der Waals surface area contributed by atoms with E-state index in [1.165, 1.54) is 13.8 Å². The van der Waals surface area contributed by atoms with Crippen LogP contribution in [-0.4, -0.2) is 45.1 Å². The van der Waals surface area contributed by atoms with Crippen molar-refractivity contribution in [3.63, 3.8) is 0 Å². The highest BCUT2D eigenvalue weighted by molar-refractivity contribution is 7.17. The van der Waals surface area contributed by atoms with E-state index >= 15 is 0 Å². The van der Waals surface area contributed by atoms with Crippen molar-refractivity contribution in [2.75, 3.05) is 11.9 Å². The van der Waals surface area contributed by atoms with E-state index in [1.807, 2.05) is 6.92 Å². The van der Waals surface area contributed by atoms with Gasteiger partial charge in [-0.05, 0) is 45.6 Å². The zero-order valence-corrected chi connectivity index (χ0v) is 19.2. The molecule has 0 bridgehead atoms. The number of alkyl halides is 3. The van der Waals surface area contributed by atoms with Gasteiger partial charge in [-0.2, -0.15) is 13.2 Å². The van der Waals surface area contributed by atoms with Gasteiger partial charge < -0.3 is 21.5 Å². The third-order valence-electron chi connectivity index (χ3n) is 5.42. The Hall–Kier alpha value is -2.73. The summed E-state index contributed by atoms with van der Waals surface area (Å²) < 4.78 is 41.8. The Bertz CT molecular complexity index is 1040. The Morgan fingerprint density at radius 1 is 1.33 bits per heavy atom. The highest BCUT2D eigenvalue weighted by Crippen LogP contribution is 2.41. The van der Waals surface area contributed by atoms with Gasteiger partial charge in [-0.25, -0.2) is 9.97 Å². The third-order valence-corrected chi connectivity index (χ3v) is 6.51. The number of rotatable bonds is 8. The minimum atomic E-state index is -4.75. The Morgan fingerprint density at radius 3 is 2.52 bits per heavy atom. The molecule has 2 aromatic rings. The van der Waals surface area contributed by atoms with Crippen LogP contribution in [0.4, 0.5) is 19.0 Å². The summed E-state index contributed by atoms with van der Waals surface area (Å²) in [7, 11) is 0. The third kappa shape index (κ3) is 5.99. The predicted octanol–water partition coefficient (Wildman–Crippen LogP) is 3.42. The van der Waals surface area contributed by atoms with E-state index in [0.717, 1.165) is 31.5 Å². The molecule has 0 unspecified atom stereocenters. The minimum Gasteiger partial charge on any atom is -0.389 e. The van der Waals surface area contributed by atoms with Crippen LogP contribution in [0.1, 0.15) is 65.9 Å². The summed E-state index contributed by atoms with van der Waals surface area (Å²) in [4.78, 5) is 32.1. The first-order valence-electron chi connectivity index (χ1n) is 10.4. The minimum absolute atomic E-state index is 0.0335. The van der Waals surface area contributed by atoms with Crippen LogP contribution in [0, 0.1) is 5.92 Å². The number of halogens is 3. The fraction of sp³-hybridized carbons (Fsp3) is 0.524. The van der Waals surface area contributed by atoms with E-state index in [-0.39, 0.29) is 28.3 Å². The van der Waals surface area contributed by atoms with E-state index in [1.54, 1.807) is 0 Å². The first-order valence-corrected chi connectivity index (χ1v) is 11.2. The smallest absolute Gasteiger partial charge is 0.389 e. The highest BCUT2D eigenvalue weighted by Gasteiger charge is 2.37. The molecule has 0 aromatic carbocycles. The number of nitrogens with one attached hydrogen (secondary N) is 2. The van der Waals surface area contributed by atoms with Crippen molar-refractivity contribution < 1.29 is 27.9 Å². The Balaban J connectivity index is 1.98. The number of aliphatic hydroxyl groups is 1. The van der Waals surface area contributed by atoms with Crippen molar-refractivity contribution in [2.45, 2.75) is 57.9 Å². The van der Waals surface area contributed by atoms with Crippen molar-refractivity contribution in [1.82, 2.24) is 15.3 Å². The van der Waals surface area contributed by atoms with Crippen LogP contribution in [-0.2, 0) is 6.18 Å². The molecule has 12 heteroatoms. The van der Waals surface area contributed by atoms with Gasteiger partial charge in [-0.3, -0.25) is 9.59 Å². The Labute approximate surface area is 192 Å². The van der Waals surface area contributed by atoms with Gasteiger partial charge in [0.2, 0.25) is 0 Å². The number of amides is 2. The van der Waals surface area contributed by atoms with Gasteiger partial charge in [-0.1, -0.05) is 6.42 Å². The summed E-state index contributed by atoms with van der Waals surface area (Å²) in [6, 6.07) is 0.858. The van der Waals surface area contributed by atoms with Crippen molar-refractivity contribution in [1.29, 1.82) is 0 Å². The van der Waals surface area contributed by atoms with Crippen LogP contribution in [0.3, 0.4) is 0 Å². The molecule has 0 saturated heterocycles. The lowest BCUT2D eigenvalue weighted by Gasteiger charge is -2.32. The van der Waals surface area contributed by atoms with E-state index in [0.29, 0.717) is 17.3 Å². The van der Waals surface area contributed by atoms with Gasteiger partial charge >= 0.3 is 6.18 Å². The lowest BCUT2D eigenvalue weighted by Crippen LogP contribution is -2.38. The number of anilines is 1. The van der Waals surface area contributed by atoms with Crippen LogP contribution in [0.2, 0.25) is 0 Å². The van der Waals surface area contributed by atoms with Crippen LogP contribution in [0.25, 0.3) is 10.4 Å². The van der Waals surface area contributed by atoms with Gasteiger partial charge in [-0.15, -0.1) is 11.3 Å². The largest absolute Gasteiger partial charge is 0.417 e. The van der Waals surface area contributed by atoms with Crippen molar-refractivity contribution >= 4 is 29.0 Å². The molecule has 5 N–H and O–H groups in total. The fourth-order valence-corrected chi connectivity index (χ4v) is 4.39. The molecular formula is C21H26F3N5O3S. The first kappa shape index (κ1) is 24.9. The maximum Gasteiger partial charge on any atom is 0.417 e. The van der Waals surface area contributed by atoms with Crippen molar-refractivity contribution in [3.8, 4) is 10.4 Å². The molecule has 1 saturated carbocycles. The predicted molar refractivity (Wildman–Crippen MR) is 118 cm³/mol. The van der Waals surface area contributed by atoms with E-state index in [2.05, 4.69) is 20.6 Å². The number of nitrogens with zero attached hydrogens (tertiary/aromatic N) is 2. The van der Waals surface area contributed by atoms with Gasteiger partial charge in [0.25, 0.3) is 11.8 Å². The number of primary amides is 1. The maximum absolute atomic E-state index is 13.9. The van der Waals surface area contributed by atoms with Gasteiger partial charge in [0.15, 0.2) is 5.01 Å². The highest BCUT2D eigenvalue weighted by atomic mass is 32.1. The Morgan fingerprint density at radius 2 is 2.00 bits per heavy atom. The molecule has 2 amide bonds. The van der Waals surface area contributed by atoms with E-state index < -0.39 is 40.4 Å². The van der Waals surface area contributed by atoms with E-state index in [4.69, 9.17) is 5.73 Å². The van der Waals surface area contributed by atoms with Crippen molar-refractivity contribution in [2.24, 2.45) is 11.7 Å². The topological polar surface area (TPSA) is 130 Å². The summed E-state index contributed by atoms with van der Waals surface area (Å²) in [6.07, 6.45) is -0.614. The van der Waals surface area contributed by atoms with Crippen molar-refractivity contribution in [3.05, 3.63) is 28.5 Å². The molecule has 0 aliphatic heterocycles. The summed E-state index contributed by atoms with van der Waals surface area (Å²) in [5, 5.41) is 15.0. The number of aromatic nitrogens is 2. The van der Waals surface area contributed by atoms with Crippen LogP contribution < -0.4 is 16.4 Å². The van der Waals surface area contributed by atoms with Gasteiger partial charge in [0, 0.05) is 24.3 Å². The van der Waals surface area contributed by atoms with Crippen LogP contribution >= 0.6 is 11.3 Å². The molecule has 1 atom stereocenters. The summed E-state index contributed by atoms with van der Waals surface area (Å²) >= 11 is 0.601. The zero-order valence-electron chi connectivity index (χ0n) is 18.4. The molecule has 0 spiro atoms. The number of carbonyl (C=O) groups excluding carboxylic acids is 2. The molecule has 1 aliphatic rings. The lowest BCUT2D eigenvalue weighted by atomic mass is 9.80. The SMILES string of the molecule is C[C@H](Nc1cc(C(F)(F)F)c(-c2sc(C(=O)NCC(C)(C)O)nc2C(N)=O)cn1)C1CCC1. The molecular weight excluding hydrogens is 459 g/mol. The molecule has 1 fully saturated rings. The number of hydrogen-bond donors (Lipinski definition) is 4. The molecule has 180 valence electrons.